The van der Waals surface area contributed by atoms with Crippen molar-refractivity contribution in [2.24, 2.45) is 0 Å². The Hall–Kier alpha value is -6.45. The van der Waals surface area contributed by atoms with Gasteiger partial charge in [0.1, 0.15) is 53.6 Å². The summed E-state index contributed by atoms with van der Waals surface area (Å²) in [7, 11) is 3.27. The van der Waals surface area contributed by atoms with Gasteiger partial charge >= 0.3 is 0 Å². The lowest BCUT2D eigenvalue weighted by atomic mass is 9.85. The van der Waals surface area contributed by atoms with Crippen LogP contribution in [0.2, 0.25) is 0 Å². The lowest BCUT2D eigenvalue weighted by Crippen LogP contribution is -2.32. The van der Waals surface area contributed by atoms with Crippen molar-refractivity contribution < 1.29 is 32.8 Å². The number of ether oxygens (including phenoxy) is 4. The van der Waals surface area contributed by atoms with Gasteiger partial charge in [-0.25, -0.2) is 8.78 Å². The number of phenols is 1. The summed E-state index contributed by atoms with van der Waals surface area (Å²) in [6.45, 7) is 19.2. The molecule has 0 spiro atoms. The lowest BCUT2D eigenvalue weighted by Gasteiger charge is -2.33. The first-order valence-corrected chi connectivity index (χ1v) is 21.4. The van der Waals surface area contributed by atoms with E-state index >= 15 is 0 Å². The third-order valence-corrected chi connectivity index (χ3v) is 11.6. The topological polar surface area (TPSA) is 81.2 Å². The van der Waals surface area contributed by atoms with Crippen LogP contribution in [-0.2, 0) is 13.2 Å². The van der Waals surface area contributed by atoms with Crippen LogP contribution in [0.1, 0.15) is 80.5 Å². The molecule has 0 aromatic heterocycles. The van der Waals surface area contributed by atoms with Gasteiger partial charge in [-0.3, -0.25) is 0 Å². The van der Waals surface area contributed by atoms with E-state index < -0.39 is 0 Å². The number of nitrogens with one attached hydrogen (secondary N) is 2. The van der Waals surface area contributed by atoms with Crippen molar-refractivity contribution in [3.63, 3.8) is 0 Å². The summed E-state index contributed by atoms with van der Waals surface area (Å²) in [5, 5.41) is 17.1. The summed E-state index contributed by atoms with van der Waals surface area (Å²) in [6, 6.07) is 28.8. The van der Waals surface area contributed by atoms with Crippen LogP contribution in [0.25, 0.3) is 33.4 Å². The molecule has 7 nitrogen and oxygen atoms in total. The molecule has 6 aromatic carbocycles. The molecule has 65 heavy (non-hydrogen) atoms. The minimum Gasteiger partial charge on any atom is -0.508 e. The number of allylic oxidation sites excluding steroid dienone is 2. The summed E-state index contributed by atoms with van der Waals surface area (Å²) < 4.78 is 51.3. The molecule has 0 saturated carbocycles. The monoisotopic (exact) mass is 900 g/mol. The number of fused-ring (bicyclic) bond motifs is 2. The maximum atomic E-state index is 13.9. The normalized spacial score (nSPS) is 14.0. The highest BCUT2D eigenvalue weighted by Gasteiger charge is 2.29. The maximum Gasteiger partial charge on any atom is 0.130 e. The van der Waals surface area contributed by atoms with Crippen LogP contribution >= 0.6 is 12.4 Å². The van der Waals surface area contributed by atoms with Crippen LogP contribution in [0, 0.1) is 32.4 Å². The van der Waals surface area contributed by atoms with Gasteiger partial charge in [0.25, 0.3) is 0 Å². The molecule has 8 rings (SSSR count). The summed E-state index contributed by atoms with van der Waals surface area (Å²) in [5.41, 5.74) is 15.0. The van der Waals surface area contributed by atoms with Gasteiger partial charge in [0.05, 0.1) is 25.3 Å². The molecule has 0 aliphatic carbocycles. The van der Waals surface area contributed by atoms with Crippen molar-refractivity contribution in [2.75, 3.05) is 24.9 Å². The van der Waals surface area contributed by atoms with Crippen molar-refractivity contribution in [1.82, 2.24) is 0 Å². The summed E-state index contributed by atoms with van der Waals surface area (Å²) in [5.74, 6) is 1.95. The summed E-state index contributed by atoms with van der Waals surface area (Å²) >= 11 is 0. The molecule has 2 aliphatic heterocycles. The fourth-order valence-electron chi connectivity index (χ4n) is 8.88. The van der Waals surface area contributed by atoms with Crippen LogP contribution in [-0.4, -0.2) is 30.4 Å². The lowest BCUT2D eigenvalue weighted by molar-refractivity contribution is 0.302. The Balaban J connectivity index is 0.000000212. The number of hydrogen-bond acceptors (Lipinski definition) is 7. The standard InChI is InChI=1S/C28H30FNO2.C27H28FNO3.ClH/c1-17-7-10-22(26(13-17)31-6)21-11-12-24-27(19(3)15-28(4,5)30-24)23(21)16-32-25-14-20(29)9-8-18(25)2;1-16-6-7-18(28)12-24(16)32-15-22-20(21-9-8-19(30)13-25(21)31-5)10-11-23-26(22)17(2)14-27(3,4)29-23;/h7-15,30H,16H2,1-6H3;6-14,29-30H,15H2,1-5H3;1H. The number of methoxy groups -OCH3 is 2. The molecular formula is C55H59ClF2N2O5. The molecule has 0 fully saturated rings. The Morgan fingerprint density at radius 1 is 0.508 bits per heavy atom. The highest BCUT2D eigenvalue weighted by Crippen LogP contribution is 2.45. The van der Waals surface area contributed by atoms with E-state index in [0.29, 0.717) is 23.9 Å². The molecule has 0 unspecified atom stereocenters. The van der Waals surface area contributed by atoms with Crippen LogP contribution in [0.15, 0.2) is 109 Å². The average Bonchev–Trinajstić information content (AvgIpc) is 3.23. The zero-order valence-corrected chi connectivity index (χ0v) is 39.9. The van der Waals surface area contributed by atoms with E-state index in [1.54, 1.807) is 38.5 Å². The van der Waals surface area contributed by atoms with Gasteiger partial charge in [0.2, 0.25) is 0 Å². The number of phenolic OH excluding ortho intramolecular Hbond substituents is 1. The minimum absolute atomic E-state index is 0. The number of aromatic hydroxyl groups is 1. The molecule has 340 valence electrons. The summed E-state index contributed by atoms with van der Waals surface area (Å²) in [6.07, 6.45) is 4.44. The third-order valence-electron chi connectivity index (χ3n) is 11.6. The first-order chi connectivity index (χ1) is 30.4. The highest BCUT2D eigenvalue weighted by atomic mass is 35.5. The van der Waals surface area contributed by atoms with Crippen LogP contribution in [0.5, 0.6) is 28.7 Å². The van der Waals surface area contributed by atoms with E-state index in [1.807, 2.05) is 32.0 Å². The molecule has 2 heterocycles. The van der Waals surface area contributed by atoms with E-state index in [4.69, 9.17) is 18.9 Å². The first-order valence-electron chi connectivity index (χ1n) is 21.4. The van der Waals surface area contributed by atoms with Gasteiger partial charge in [-0.1, -0.05) is 48.6 Å². The molecule has 6 aromatic rings. The second kappa shape index (κ2) is 19.3. The molecule has 2 aliphatic rings. The van der Waals surface area contributed by atoms with E-state index in [0.717, 1.165) is 83.9 Å². The highest BCUT2D eigenvalue weighted by molar-refractivity contribution is 5.90. The molecule has 0 bridgehead atoms. The van der Waals surface area contributed by atoms with E-state index in [1.165, 1.54) is 29.8 Å². The number of halogens is 3. The van der Waals surface area contributed by atoms with Crippen LogP contribution < -0.4 is 29.6 Å². The van der Waals surface area contributed by atoms with Crippen molar-refractivity contribution >= 4 is 34.9 Å². The number of hydrogen-bond donors (Lipinski definition) is 3. The second-order valence-electron chi connectivity index (χ2n) is 17.9. The minimum atomic E-state index is -0.333. The molecular weight excluding hydrogens is 842 g/mol. The Labute approximate surface area is 388 Å². The van der Waals surface area contributed by atoms with Gasteiger partial charge in [0.15, 0.2) is 0 Å². The number of benzene rings is 6. The van der Waals surface area contributed by atoms with Gasteiger partial charge in [0, 0.05) is 63.0 Å². The number of anilines is 2. The van der Waals surface area contributed by atoms with Crippen LogP contribution in [0.3, 0.4) is 0 Å². The fraction of sp³-hybridized carbons (Fsp3) is 0.273. The third kappa shape index (κ3) is 10.6. The molecule has 0 atom stereocenters. The van der Waals surface area contributed by atoms with Crippen molar-refractivity contribution in [3.05, 3.63) is 160 Å². The number of rotatable bonds is 10. The van der Waals surface area contributed by atoms with Crippen molar-refractivity contribution in [3.8, 4) is 51.0 Å². The van der Waals surface area contributed by atoms with Crippen molar-refractivity contribution in [1.29, 1.82) is 0 Å². The predicted molar refractivity (Wildman–Crippen MR) is 264 cm³/mol. The van der Waals surface area contributed by atoms with Gasteiger partial charge in [-0.2, -0.15) is 0 Å². The van der Waals surface area contributed by atoms with Gasteiger partial charge in [-0.05, 0) is 144 Å². The molecule has 0 saturated heterocycles. The quantitative estimate of drug-likeness (QED) is 0.126. The predicted octanol–water partition coefficient (Wildman–Crippen LogP) is 14.4. The van der Waals surface area contributed by atoms with Crippen molar-refractivity contribution in [2.45, 2.75) is 86.6 Å². The SMILES string of the molecule is COc1cc(C)ccc1-c1ccc2c(c1COc1cc(F)ccc1C)C(C)=CC(C)(C)N2.COc1cc(O)ccc1-c1ccc2c(c1COc1cc(F)ccc1C)C(C)=CC(C)(C)N2.Cl. The van der Waals surface area contributed by atoms with Gasteiger partial charge < -0.3 is 34.7 Å². The Morgan fingerprint density at radius 3 is 1.37 bits per heavy atom. The maximum absolute atomic E-state index is 13.9. The molecule has 3 N–H and O–H groups in total. The first kappa shape index (κ1) is 48.0. The Kier molecular flexibility index (Phi) is 14.3. The smallest absolute Gasteiger partial charge is 0.130 e. The van der Waals surface area contributed by atoms with E-state index in [9.17, 15) is 13.9 Å². The second-order valence-corrected chi connectivity index (χ2v) is 17.9. The molecule has 0 radical (unpaired) electrons. The average molecular weight is 902 g/mol. The van der Waals surface area contributed by atoms with E-state index in [-0.39, 0.29) is 47.5 Å². The zero-order chi connectivity index (χ0) is 46.1. The van der Waals surface area contributed by atoms with Gasteiger partial charge in [-0.15, -0.1) is 12.4 Å². The molecule has 0 amide bonds. The Morgan fingerprint density at radius 2 is 0.923 bits per heavy atom. The van der Waals surface area contributed by atoms with Crippen LogP contribution in [0.4, 0.5) is 20.2 Å². The number of aryl methyl sites for hydroxylation is 3. The summed E-state index contributed by atoms with van der Waals surface area (Å²) in [4.78, 5) is 0. The fourth-order valence-corrected chi connectivity index (χ4v) is 8.88. The van der Waals surface area contributed by atoms with E-state index in [2.05, 4.69) is 102 Å². The Bertz CT molecular complexity index is 2620. The molecule has 10 heteroatoms. The zero-order valence-electron chi connectivity index (χ0n) is 39.1. The largest absolute Gasteiger partial charge is 0.508 e.